The van der Waals surface area contributed by atoms with E-state index in [2.05, 4.69) is 49.5 Å². The van der Waals surface area contributed by atoms with E-state index in [0.717, 1.165) is 11.4 Å². The SMILES string of the molecule is Clc1nc(NCc2ccc(C3CC3)cc2)c2[nH]cnc2n1. The van der Waals surface area contributed by atoms with Crippen LogP contribution in [0.25, 0.3) is 11.2 Å². The van der Waals surface area contributed by atoms with Crippen molar-refractivity contribution in [2.24, 2.45) is 0 Å². The Hall–Kier alpha value is -2.14. The summed E-state index contributed by atoms with van der Waals surface area (Å²) in [6, 6.07) is 8.75. The van der Waals surface area contributed by atoms with E-state index in [1.54, 1.807) is 6.33 Å². The summed E-state index contributed by atoms with van der Waals surface area (Å²) >= 11 is 5.91. The molecule has 1 aliphatic rings. The van der Waals surface area contributed by atoms with Gasteiger partial charge >= 0.3 is 0 Å². The molecule has 5 nitrogen and oxygen atoms in total. The lowest BCUT2D eigenvalue weighted by Crippen LogP contribution is -2.03. The Bertz CT molecular complexity index is 776. The first kappa shape index (κ1) is 12.6. The molecule has 0 amide bonds. The van der Waals surface area contributed by atoms with Crippen molar-refractivity contribution >= 4 is 28.6 Å². The summed E-state index contributed by atoms with van der Waals surface area (Å²) in [5, 5.41) is 3.48. The third-order valence-corrected chi connectivity index (χ3v) is 3.92. The fourth-order valence-corrected chi connectivity index (χ4v) is 2.61. The van der Waals surface area contributed by atoms with E-state index in [1.165, 1.54) is 24.0 Å². The van der Waals surface area contributed by atoms with E-state index in [9.17, 15) is 0 Å². The first-order valence-electron chi connectivity index (χ1n) is 6.99. The molecule has 21 heavy (non-hydrogen) atoms. The maximum atomic E-state index is 5.91. The summed E-state index contributed by atoms with van der Waals surface area (Å²) in [5.41, 5.74) is 4.00. The van der Waals surface area contributed by atoms with E-state index in [-0.39, 0.29) is 5.28 Å². The number of hydrogen-bond donors (Lipinski definition) is 2. The van der Waals surface area contributed by atoms with E-state index >= 15 is 0 Å². The van der Waals surface area contributed by atoms with Gasteiger partial charge in [-0.1, -0.05) is 24.3 Å². The minimum absolute atomic E-state index is 0.196. The number of H-pyrrole nitrogens is 1. The number of rotatable bonds is 4. The van der Waals surface area contributed by atoms with E-state index in [0.29, 0.717) is 18.0 Å². The van der Waals surface area contributed by atoms with Crippen molar-refractivity contribution in [1.29, 1.82) is 0 Å². The molecule has 0 radical (unpaired) electrons. The second-order valence-corrected chi connectivity index (χ2v) is 5.65. The highest BCUT2D eigenvalue weighted by molar-refractivity contribution is 6.28. The van der Waals surface area contributed by atoms with Crippen molar-refractivity contribution in [3.05, 3.63) is 47.0 Å². The van der Waals surface area contributed by atoms with Crippen LogP contribution in [0, 0.1) is 0 Å². The number of benzene rings is 1. The van der Waals surface area contributed by atoms with Crippen molar-refractivity contribution in [1.82, 2.24) is 19.9 Å². The van der Waals surface area contributed by atoms with Gasteiger partial charge in [-0.25, -0.2) is 4.98 Å². The molecule has 2 heterocycles. The molecule has 0 bridgehead atoms. The molecule has 6 heteroatoms. The Kier molecular flexibility index (Phi) is 3.00. The molecule has 0 saturated heterocycles. The molecule has 1 aromatic carbocycles. The number of hydrogen-bond acceptors (Lipinski definition) is 4. The molecule has 106 valence electrons. The maximum Gasteiger partial charge on any atom is 0.226 e. The lowest BCUT2D eigenvalue weighted by molar-refractivity contribution is 1.08. The van der Waals surface area contributed by atoms with Crippen LogP contribution >= 0.6 is 11.6 Å². The van der Waals surface area contributed by atoms with Crippen molar-refractivity contribution in [3.63, 3.8) is 0 Å². The molecular formula is C15H14ClN5. The molecule has 0 unspecified atom stereocenters. The standard InChI is InChI=1S/C15H14ClN5/c16-15-20-13(12-14(21-15)19-8-18-12)17-7-9-1-3-10(4-2-9)11-5-6-11/h1-4,8,11H,5-7H2,(H2,17,18,19,20,21). The van der Waals surface area contributed by atoms with E-state index in [4.69, 9.17) is 11.6 Å². The van der Waals surface area contributed by atoms with E-state index in [1.807, 2.05) is 0 Å². The average Bonchev–Trinajstić information content (AvgIpc) is 3.24. The quantitative estimate of drug-likeness (QED) is 0.724. The number of imidazole rings is 1. The van der Waals surface area contributed by atoms with Crippen LogP contribution in [0.3, 0.4) is 0 Å². The van der Waals surface area contributed by atoms with Gasteiger partial charge in [-0.3, -0.25) is 0 Å². The summed E-state index contributed by atoms with van der Waals surface area (Å²) in [4.78, 5) is 15.4. The third-order valence-electron chi connectivity index (χ3n) is 3.75. The van der Waals surface area contributed by atoms with Crippen LogP contribution in [-0.2, 0) is 6.54 Å². The van der Waals surface area contributed by atoms with Gasteiger partial charge in [0.25, 0.3) is 0 Å². The number of aromatic nitrogens is 4. The van der Waals surface area contributed by atoms with Gasteiger partial charge < -0.3 is 10.3 Å². The number of anilines is 1. The Labute approximate surface area is 126 Å². The largest absolute Gasteiger partial charge is 0.364 e. The van der Waals surface area contributed by atoms with Gasteiger partial charge in [0.15, 0.2) is 11.5 Å². The summed E-state index contributed by atoms with van der Waals surface area (Å²) < 4.78 is 0. The minimum Gasteiger partial charge on any atom is -0.364 e. The monoisotopic (exact) mass is 299 g/mol. The molecular weight excluding hydrogens is 286 g/mol. The highest BCUT2D eigenvalue weighted by Gasteiger charge is 2.22. The molecule has 2 aromatic heterocycles. The van der Waals surface area contributed by atoms with Gasteiger partial charge in [-0.2, -0.15) is 9.97 Å². The first-order chi connectivity index (χ1) is 10.3. The Morgan fingerprint density at radius 3 is 2.76 bits per heavy atom. The Morgan fingerprint density at radius 2 is 2.00 bits per heavy atom. The summed E-state index contributed by atoms with van der Waals surface area (Å²) in [7, 11) is 0. The predicted molar refractivity (Wildman–Crippen MR) is 82.4 cm³/mol. The van der Waals surface area contributed by atoms with Crippen LogP contribution in [0.1, 0.15) is 29.9 Å². The molecule has 1 fully saturated rings. The van der Waals surface area contributed by atoms with Crippen LogP contribution in [0.4, 0.5) is 5.82 Å². The van der Waals surface area contributed by atoms with Gasteiger partial charge in [0.05, 0.1) is 6.33 Å². The lowest BCUT2D eigenvalue weighted by atomic mass is 10.1. The Morgan fingerprint density at radius 1 is 1.19 bits per heavy atom. The fourth-order valence-electron chi connectivity index (χ4n) is 2.44. The minimum atomic E-state index is 0.196. The number of nitrogens with one attached hydrogen (secondary N) is 2. The highest BCUT2D eigenvalue weighted by Crippen LogP contribution is 2.39. The van der Waals surface area contributed by atoms with E-state index < -0.39 is 0 Å². The normalized spacial score (nSPS) is 14.5. The third kappa shape index (κ3) is 2.56. The number of nitrogens with zero attached hydrogens (tertiary/aromatic N) is 3. The van der Waals surface area contributed by atoms with Gasteiger partial charge in [-0.15, -0.1) is 0 Å². The van der Waals surface area contributed by atoms with Crippen molar-refractivity contribution in [2.75, 3.05) is 5.32 Å². The zero-order valence-corrected chi connectivity index (χ0v) is 12.1. The molecule has 2 N–H and O–H groups in total. The smallest absolute Gasteiger partial charge is 0.226 e. The second-order valence-electron chi connectivity index (χ2n) is 5.31. The van der Waals surface area contributed by atoms with Crippen LogP contribution < -0.4 is 5.32 Å². The zero-order valence-electron chi connectivity index (χ0n) is 11.3. The van der Waals surface area contributed by atoms with Gasteiger partial charge in [-0.05, 0) is 41.5 Å². The molecule has 0 spiro atoms. The molecule has 3 aromatic rings. The highest BCUT2D eigenvalue weighted by atomic mass is 35.5. The van der Waals surface area contributed by atoms with Crippen LogP contribution in [-0.4, -0.2) is 19.9 Å². The number of fused-ring (bicyclic) bond motifs is 1. The molecule has 0 aliphatic heterocycles. The topological polar surface area (TPSA) is 66.5 Å². The second kappa shape index (κ2) is 5.00. The molecule has 1 aliphatic carbocycles. The van der Waals surface area contributed by atoms with Crippen LogP contribution in [0.2, 0.25) is 5.28 Å². The predicted octanol–water partition coefficient (Wildman–Crippen LogP) is 3.50. The van der Waals surface area contributed by atoms with Gasteiger partial charge in [0, 0.05) is 6.54 Å². The van der Waals surface area contributed by atoms with Crippen molar-refractivity contribution in [3.8, 4) is 0 Å². The molecule has 1 saturated carbocycles. The van der Waals surface area contributed by atoms with Gasteiger partial charge in [0.2, 0.25) is 5.28 Å². The van der Waals surface area contributed by atoms with Crippen LogP contribution in [0.5, 0.6) is 0 Å². The summed E-state index contributed by atoms with van der Waals surface area (Å²) in [6.45, 7) is 0.687. The summed E-state index contributed by atoms with van der Waals surface area (Å²) in [5.74, 6) is 1.46. The first-order valence-corrected chi connectivity index (χ1v) is 7.37. The fraction of sp³-hybridized carbons (Fsp3) is 0.267. The number of halogens is 1. The van der Waals surface area contributed by atoms with Crippen molar-refractivity contribution < 1.29 is 0 Å². The van der Waals surface area contributed by atoms with Gasteiger partial charge in [0.1, 0.15) is 5.52 Å². The Balaban J connectivity index is 1.53. The molecule has 0 atom stereocenters. The lowest BCUT2D eigenvalue weighted by Gasteiger charge is -2.07. The average molecular weight is 300 g/mol. The summed E-state index contributed by atoms with van der Waals surface area (Å²) in [6.07, 6.45) is 4.25. The zero-order chi connectivity index (χ0) is 14.2. The molecule has 4 rings (SSSR count). The number of aromatic amines is 1. The maximum absolute atomic E-state index is 5.91. The van der Waals surface area contributed by atoms with Crippen molar-refractivity contribution in [2.45, 2.75) is 25.3 Å². The van der Waals surface area contributed by atoms with Crippen LogP contribution in [0.15, 0.2) is 30.6 Å².